The van der Waals surface area contributed by atoms with Crippen molar-refractivity contribution in [1.82, 2.24) is 24.7 Å². The van der Waals surface area contributed by atoms with Crippen LogP contribution in [-0.4, -0.2) is 41.7 Å². The number of halogens is 1. The van der Waals surface area contributed by atoms with Gasteiger partial charge in [0.2, 0.25) is 5.91 Å². The number of carboxylic acid groups (broad SMARTS) is 1. The van der Waals surface area contributed by atoms with Gasteiger partial charge in [0, 0.05) is 17.2 Å². The molecule has 1 atom stereocenters. The number of nitrogens with two attached hydrogens (primary N) is 1. The Morgan fingerprint density at radius 2 is 1.95 bits per heavy atom. The number of para-hydroxylation sites is 1. The first kappa shape index (κ1) is 26.5. The fourth-order valence-corrected chi connectivity index (χ4v) is 6.07. The Morgan fingerprint density at radius 3 is 2.71 bits per heavy atom. The number of thiazole rings is 1. The van der Waals surface area contributed by atoms with Gasteiger partial charge in [-0.15, -0.1) is 11.3 Å². The molecule has 1 unspecified atom stereocenters. The van der Waals surface area contributed by atoms with Crippen molar-refractivity contribution in [2.24, 2.45) is 5.41 Å². The number of hydrogen-bond acceptors (Lipinski definition) is 8. The minimum atomic E-state index is -1.26. The van der Waals surface area contributed by atoms with Gasteiger partial charge in [0.15, 0.2) is 5.82 Å². The van der Waals surface area contributed by atoms with E-state index in [0.717, 1.165) is 16.5 Å². The van der Waals surface area contributed by atoms with Gasteiger partial charge < -0.3 is 16.2 Å². The zero-order valence-electron chi connectivity index (χ0n) is 22.5. The summed E-state index contributed by atoms with van der Waals surface area (Å²) in [5.41, 5.74) is 7.25. The molecule has 10 nitrogen and oxygen atoms in total. The molecule has 1 aliphatic rings. The number of nitrogens with zero attached hydrogens (tertiary/aromatic N) is 5. The second kappa shape index (κ2) is 9.44. The Kier molecular flexibility index (Phi) is 6.11. The van der Waals surface area contributed by atoms with Crippen molar-refractivity contribution in [2.75, 3.05) is 11.1 Å². The molecule has 0 spiro atoms. The molecule has 41 heavy (non-hydrogen) atoms. The van der Waals surface area contributed by atoms with E-state index in [1.165, 1.54) is 23.5 Å². The van der Waals surface area contributed by atoms with Crippen LogP contribution >= 0.6 is 11.3 Å². The van der Waals surface area contributed by atoms with Crippen LogP contribution in [0.1, 0.15) is 42.6 Å². The molecule has 3 aromatic heterocycles. The van der Waals surface area contributed by atoms with Gasteiger partial charge in [-0.05, 0) is 44.5 Å². The van der Waals surface area contributed by atoms with E-state index >= 15 is 0 Å². The number of carbonyl (C=O) groups is 2. The SMILES string of the molecule is CC(C)(Cc1csc(C2(C)C(=O)Nc3nc(-c4nn(Cc5cccc(F)c5)c5ccccc45)nc(N)c32)n1)C(=O)O. The maximum atomic E-state index is 13.8. The number of carbonyl (C=O) groups excluding carboxylic acids is 1. The van der Waals surface area contributed by atoms with E-state index in [2.05, 4.69) is 20.3 Å². The van der Waals surface area contributed by atoms with Crippen LogP contribution in [0.2, 0.25) is 0 Å². The Hall–Kier alpha value is -4.71. The average Bonchev–Trinajstić information content (AvgIpc) is 3.59. The molecule has 1 amide bonds. The molecule has 1 aliphatic heterocycles. The highest BCUT2D eigenvalue weighted by Crippen LogP contribution is 2.46. The highest BCUT2D eigenvalue weighted by molar-refractivity contribution is 7.10. The van der Waals surface area contributed by atoms with Crippen LogP contribution < -0.4 is 11.1 Å². The zero-order valence-corrected chi connectivity index (χ0v) is 23.3. The molecule has 0 aliphatic carbocycles. The van der Waals surface area contributed by atoms with E-state index < -0.39 is 16.8 Å². The number of anilines is 2. The number of benzene rings is 2. The van der Waals surface area contributed by atoms with Crippen LogP contribution in [0, 0.1) is 11.2 Å². The summed E-state index contributed by atoms with van der Waals surface area (Å²) < 4.78 is 15.6. The molecule has 5 aromatic rings. The summed E-state index contributed by atoms with van der Waals surface area (Å²) >= 11 is 1.26. The number of rotatable bonds is 7. The molecule has 0 fully saturated rings. The molecule has 0 bridgehead atoms. The van der Waals surface area contributed by atoms with Gasteiger partial charge in [0.1, 0.15) is 33.6 Å². The van der Waals surface area contributed by atoms with Crippen molar-refractivity contribution in [3.63, 3.8) is 0 Å². The van der Waals surface area contributed by atoms with E-state index in [0.29, 0.717) is 28.5 Å². The number of aromatic nitrogens is 5. The molecule has 0 saturated carbocycles. The smallest absolute Gasteiger partial charge is 0.309 e. The minimum Gasteiger partial charge on any atom is -0.481 e. The summed E-state index contributed by atoms with van der Waals surface area (Å²) in [5.74, 6) is -0.999. The van der Waals surface area contributed by atoms with E-state index in [9.17, 15) is 19.1 Å². The summed E-state index contributed by atoms with van der Waals surface area (Å²) in [6, 6.07) is 13.9. The quantitative estimate of drug-likeness (QED) is 0.256. The maximum Gasteiger partial charge on any atom is 0.309 e. The summed E-state index contributed by atoms with van der Waals surface area (Å²) in [6.45, 7) is 5.30. The summed E-state index contributed by atoms with van der Waals surface area (Å²) in [7, 11) is 0. The number of carboxylic acids is 1. The molecular weight excluding hydrogens is 545 g/mol. The van der Waals surface area contributed by atoms with E-state index in [4.69, 9.17) is 10.8 Å². The van der Waals surface area contributed by atoms with Crippen molar-refractivity contribution in [1.29, 1.82) is 0 Å². The summed E-state index contributed by atoms with van der Waals surface area (Å²) in [4.78, 5) is 38.9. The fraction of sp³-hybridized carbons (Fsp3) is 0.241. The minimum absolute atomic E-state index is 0.109. The highest BCUT2D eigenvalue weighted by Gasteiger charge is 2.50. The largest absolute Gasteiger partial charge is 0.481 e. The molecule has 0 saturated heterocycles. The Bertz CT molecular complexity index is 1860. The normalized spacial score (nSPS) is 16.6. The second-order valence-corrected chi connectivity index (χ2v) is 11.8. The topological polar surface area (TPSA) is 149 Å². The van der Waals surface area contributed by atoms with Crippen LogP contribution in [-0.2, 0) is 28.0 Å². The highest BCUT2D eigenvalue weighted by atomic mass is 32.1. The van der Waals surface area contributed by atoms with E-state index in [-0.39, 0.29) is 35.6 Å². The lowest BCUT2D eigenvalue weighted by atomic mass is 9.85. The number of hydrogen-bond donors (Lipinski definition) is 3. The first-order chi connectivity index (χ1) is 19.5. The van der Waals surface area contributed by atoms with Crippen LogP contribution in [0.15, 0.2) is 53.9 Å². The number of fused-ring (bicyclic) bond motifs is 2. The molecule has 12 heteroatoms. The predicted molar refractivity (Wildman–Crippen MR) is 153 cm³/mol. The molecule has 4 heterocycles. The first-order valence-electron chi connectivity index (χ1n) is 12.9. The standard InChI is InChI=1S/C29H26FN7O3S/c1-28(2,27(39)40)12-17-14-41-26(32-17)29(3)20-22(31)33-24(34-23(20)35-25(29)38)21-18-9-4-5-10-19(18)37(36-21)13-15-7-6-8-16(30)11-15/h4-11,14H,12-13H2,1-3H3,(H,39,40)(H3,31,33,34,35,38). The number of amides is 1. The molecular formula is C29H26FN7O3S. The molecule has 2 aromatic carbocycles. The molecule has 4 N–H and O–H groups in total. The van der Waals surface area contributed by atoms with Crippen molar-refractivity contribution in [3.8, 4) is 11.5 Å². The Labute approximate surface area is 238 Å². The second-order valence-electron chi connectivity index (χ2n) is 10.9. The number of aliphatic carboxylic acids is 1. The van der Waals surface area contributed by atoms with E-state index in [1.54, 1.807) is 36.9 Å². The van der Waals surface area contributed by atoms with E-state index in [1.807, 2.05) is 30.3 Å². The summed E-state index contributed by atoms with van der Waals surface area (Å²) in [5, 5.41) is 20.1. The molecule has 0 radical (unpaired) electrons. The van der Waals surface area contributed by atoms with Crippen molar-refractivity contribution < 1.29 is 19.1 Å². The van der Waals surface area contributed by atoms with Gasteiger partial charge in [-0.3, -0.25) is 14.3 Å². The predicted octanol–water partition coefficient (Wildman–Crippen LogP) is 4.63. The van der Waals surface area contributed by atoms with Crippen LogP contribution in [0.25, 0.3) is 22.4 Å². The lowest BCUT2D eigenvalue weighted by Gasteiger charge is -2.20. The Balaban J connectivity index is 1.40. The van der Waals surface area contributed by atoms with Gasteiger partial charge in [-0.2, -0.15) is 5.10 Å². The van der Waals surface area contributed by atoms with Gasteiger partial charge in [-0.1, -0.05) is 30.3 Å². The fourth-order valence-electron chi connectivity index (χ4n) is 5.09. The lowest BCUT2D eigenvalue weighted by molar-refractivity contribution is -0.146. The zero-order chi connectivity index (χ0) is 29.1. The van der Waals surface area contributed by atoms with Gasteiger partial charge in [0.25, 0.3) is 0 Å². The van der Waals surface area contributed by atoms with Crippen molar-refractivity contribution >= 4 is 45.8 Å². The van der Waals surface area contributed by atoms with Gasteiger partial charge in [-0.25, -0.2) is 19.3 Å². The first-order valence-corrected chi connectivity index (χ1v) is 13.7. The Morgan fingerprint density at radius 1 is 1.17 bits per heavy atom. The lowest BCUT2D eigenvalue weighted by Crippen LogP contribution is -2.33. The number of nitrogens with one attached hydrogen (secondary N) is 1. The van der Waals surface area contributed by atoms with Gasteiger partial charge in [0.05, 0.1) is 28.7 Å². The van der Waals surface area contributed by atoms with Crippen LogP contribution in [0.3, 0.4) is 0 Å². The summed E-state index contributed by atoms with van der Waals surface area (Å²) in [6.07, 6.45) is 0.208. The molecule has 6 rings (SSSR count). The van der Waals surface area contributed by atoms with Crippen molar-refractivity contribution in [2.45, 2.75) is 39.2 Å². The van der Waals surface area contributed by atoms with Crippen LogP contribution in [0.4, 0.5) is 16.0 Å². The third-order valence-corrected chi connectivity index (χ3v) is 8.51. The maximum absolute atomic E-state index is 13.8. The average molecular weight is 572 g/mol. The van der Waals surface area contributed by atoms with Crippen molar-refractivity contribution in [3.05, 3.63) is 81.6 Å². The number of nitrogen functional groups attached to an aromatic ring is 1. The van der Waals surface area contributed by atoms with Gasteiger partial charge >= 0.3 is 5.97 Å². The van der Waals surface area contributed by atoms with Crippen LogP contribution in [0.5, 0.6) is 0 Å². The third kappa shape index (κ3) is 4.40. The monoisotopic (exact) mass is 571 g/mol. The third-order valence-electron chi connectivity index (χ3n) is 7.40. The molecule has 208 valence electrons.